The molecule has 6 nitrogen and oxygen atoms in total. The van der Waals surface area contributed by atoms with Crippen molar-refractivity contribution in [1.82, 2.24) is 5.43 Å². The third-order valence-electron chi connectivity index (χ3n) is 4.44. The summed E-state index contributed by atoms with van der Waals surface area (Å²) in [5, 5.41) is 14.2. The van der Waals surface area contributed by atoms with Crippen LogP contribution in [0.25, 0.3) is 12.2 Å². The average Bonchev–Trinajstić information content (AvgIpc) is 2.79. The number of amides is 1. The number of benzene rings is 3. The van der Waals surface area contributed by atoms with Gasteiger partial charge in [-0.3, -0.25) is 4.79 Å². The van der Waals surface area contributed by atoms with Crippen LogP contribution in [-0.2, 0) is 0 Å². The number of hydrogen-bond acceptors (Lipinski definition) is 5. The summed E-state index contributed by atoms with van der Waals surface area (Å²) in [5.41, 5.74) is 5.11. The van der Waals surface area contributed by atoms with Gasteiger partial charge in [-0.15, -0.1) is 0 Å². The number of nitrogens with zero attached hydrogens (tertiary/aromatic N) is 1. The second kappa shape index (κ2) is 10.7. The molecule has 0 aromatic heterocycles. The zero-order valence-electron chi connectivity index (χ0n) is 17.3. The largest absolute Gasteiger partial charge is 0.506 e. The zero-order chi connectivity index (χ0) is 23.1. The van der Waals surface area contributed by atoms with Crippen LogP contribution in [0.4, 0.5) is 0 Å². The summed E-state index contributed by atoms with van der Waals surface area (Å²) in [6, 6.07) is 15.2. The Kier molecular flexibility index (Phi) is 7.76. The van der Waals surface area contributed by atoms with E-state index in [4.69, 9.17) is 32.7 Å². The predicted octanol–water partition coefficient (Wildman–Crippen LogP) is 5.65. The minimum atomic E-state index is -0.466. The van der Waals surface area contributed by atoms with Crippen LogP contribution in [-0.4, -0.2) is 31.4 Å². The Morgan fingerprint density at radius 3 is 2.38 bits per heavy atom. The highest BCUT2D eigenvalue weighted by Crippen LogP contribution is 2.33. The van der Waals surface area contributed by atoms with Gasteiger partial charge in [0.25, 0.3) is 5.91 Å². The third-order valence-corrected chi connectivity index (χ3v) is 5.00. The number of nitrogens with one attached hydrogen (secondary N) is 1. The van der Waals surface area contributed by atoms with E-state index >= 15 is 0 Å². The van der Waals surface area contributed by atoms with Crippen molar-refractivity contribution in [1.29, 1.82) is 0 Å². The quantitative estimate of drug-likeness (QED) is 0.265. The second-order valence-corrected chi connectivity index (χ2v) is 7.44. The van der Waals surface area contributed by atoms with E-state index in [1.807, 2.05) is 42.5 Å². The molecule has 3 aromatic rings. The molecule has 0 aliphatic carbocycles. The standard InChI is InChI=1S/C24H20Cl2N2O4/c1-31-22-12-16(14-27-28-24(30)18-7-10-21(29)20(26)13-18)11-17(23(22)32-2)6-3-15-4-8-19(25)9-5-15/h3-14,29H,1-2H3,(H,28,30)/b6-3+,27-14+. The molecular formula is C24H20Cl2N2O4. The van der Waals surface area contributed by atoms with E-state index < -0.39 is 5.91 Å². The molecule has 0 radical (unpaired) electrons. The van der Waals surface area contributed by atoms with Gasteiger partial charge < -0.3 is 14.6 Å². The van der Waals surface area contributed by atoms with Crippen molar-refractivity contribution >= 4 is 47.5 Å². The van der Waals surface area contributed by atoms with Crippen molar-refractivity contribution in [2.24, 2.45) is 5.10 Å². The van der Waals surface area contributed by atoms with Crippen molar-refractivity contribution in [2.45, 2.75) is 0 Å². The van der Waals surface area contributed by atoms with Gasteiger partial charge in [0.1, 0.15) is 5.75 Å². The van der Waals surface area contributed by atoms with Crippen LogP contribution in [0.15, 0.2) is 59.7 Å². The van der Waals surface area contributed by atoms with Crippen molar-refractivity contribution in [3.63, 3.8) is 0 Å². The lowest BCUT2D eigenvalue weighted by molar-refractivity contribution is 0.0955. The highest BCUT2D eigenvalue weighted by molar-refractivity contribution is 6.32. The third kappa shape index (κ3) is 5.81. The van der Waals surface area contributed by atoms with Gasteiger partial charge in [-0.2, -0.15) is 5.10 Å². The molecule has 0 bridgehead atoms. The number of phenolic OH excluding ortho intramolecular Hbond substituents is 1. The lowest BCUT2D eigenvalue weighted by Gasteiger charge is -2.12. The van der Waals surface area contributed by atoms with E-state index in [9.17, 15) is 9.90 Å². The number of hydrogen-bond donors (Lipinski definition) is 2. The van der Waals surface area contributed by atoms with E-state index in [0.29, 0.717) is 22.1 Å². The van der Waals surface area contributed by atoms with Crippen molar-refractivity contribution < 1.29 is 19.4 Å². The molecule has 8 heteroatoms. The highest BCUT2D eigenvalue weighted by atomic mass is 35.5. The van der Waals surface area contributed by atoms with Crippen LogP contribution in [0.5, 0.6) is 17.2 Å². The van der Waals surface area contributed by atoms with Crippen LogP contribution >= 0.6 is 23.2 Å². The van der Waals surface area contributed by atoms with Crippen molar-refractivity contribution in [3.8, 4) is 17.2 Å². The smallest absolute Gasteiger partial charge is 0.271 e. The van der Waals surface area contributed by atoms with Gasteiger partial charge >= 0.3 is 0 Å². The number of carbonyl (C=O) groups excluding carboxylic acids is 1. The number of carbonyl (C=O) groups is 1. The molecule has 0 aliphatic rings. The van der Waals surface area contributed by atoms with Gasteiger partial charge in [-0.05, 0) is 53.6 Å². The molecule has 0 saturated carbocycles. The fraction of sp³-hybridized carbons (Fsp3) is 0.0833. The van der Waals surface area contributed by atoms with Gasteiger partial charge in [0.05, 0.1) is 25.5 Å². The summed E-state index contributed by atoms with van der Waals surface area (Å²) < 4.78 is 10.9. The summed E-state index contributed by atoms with van der Waals surface area (Å²) in [5.74, 6) is 0.518. The fourth-order valence-electron chi connectivity index (χ4n) is 2.85. The second-order valence-electron chi connectivity index (χ2n) is 6.60. The fourth-order valence-corrected chi connectivity index (χ4v) is 3.16. The minimum Gasteiger partial charge on any atom is -0.506 e. The zero-order valence-corrected chi connectivity index (χ0v) is 18.8. The minimum absolute atomic E-state index is 0.0821. The molecule has 0 fully saturated rings. The van der Waals surface area contributed by atoms with E-state index in [2.05, 4.69) is 10.5 Å². The van der Waals surface area contributed by atoms with Gasteiger partial charge in [-0.1, -0.05) is 47.5 Å². The van der Waals surface area contributed by atoms with Crippen LogP contribution in [0.2, 0.25) is 10.0 Å². The first kappa shape index (κ1) is 23.2. The number of hydrazone groups is 1. The lowest BCUT2D eigenvalue weighted by Crippen LogP contribution is -2.17. The van der Waals surface area contributed by atoms with Crippen molar-refractivity contribution in [3.05, 3.63) is 86.9 Å². The number of phenols is 1. The Labute approximate surface area is 195 Å². The maximum atomic E-state index is 12.2. The first-order valence-electron chi connectivity index (χ1n) is 9.43. The first-order valence-corrected chi connectivity index (χ1v) is 10.2. The molecule has 0 saturated heterocycles. The molecule has 0 heterocycles. The lowest BCUT2D eigenvalue weighted by atomic mass is 10.1. The van der Waals surface area contributed by atoms with Gasteiger partial charge in [-0.25, -0.2) is 5.43 Å². The maximum Gasteiger partial charge on any atom is 0.271 e. The van der Waals surface area contributed by atoms with Crippen LogP contribution in [0, 0.1) is 0 Å². The molecule has 1 amide bonds. The predicted molar refractivity (Wildman–Crippen MR) is 128 cm³/mol. The van der Waals surface area contributed by atoms with Crippen LogP contribution in [0.3, 0.4) is 0 Å². The topological polar surface area (TPSA) is 80.2 Å². The Balaban J connectivity index is 1.82. The van der Waals surface area contributed by atoms with Gasteiger partial charge in [0.2, 0.25) is 0 Å². The molecule has 3 aromatic carbocycles. The Morgan fingerprint density at radius 1 is 0.969 bits per heavy atom. The summed E-state index contributed by atoms with van der Waals surface area (Å²) in [4.78, 5) is 12.2. The average molecular weight is 471 g/mol. The number of halogens is 2. The number of ether oxygens (including phenoxy) is 2. The van der Waals surface area contributed by atoms with Crippen molar-refractivity contribution in [2.75, 3.05) is 14.2 Å². The van der Waals surface area contributed by atoms with E-state index in [0.717, 1.165) is 11.1 Å². The SMILES string of the molecule is COc1cc(/C=N/NC(=O)c2ccc(O)c(Cl)c2)cc(/C=C/c2ccc(Cl)cc2)c1OC. The summed E-state index contributed by atoms with van der Waals surface area (Å²) in [6.45, 7) is 0. The molecule has 32 heavy (non-hydrogen) atoms. The first-order chi connectivity index (χ1) is 15.4. The van der Waals surface area contributed by atoms with E-state index in [-0.39, 0.29) is 16.3 Å². The molecule has 164 valence electrons. The molecule has 2 N–H and O–H groups in total. The molecule has 3 rings (SSSR count). The van der Waals surface area contributed by atoms with Gasteiger partial charge in [0.15, 0.2) is 11.5 Å². The number of aromatic hydroxyl groups is 1. The summed E-state index contributed by atoms with van der Waals surface area (Å²) in [7, 11) is 3.11. The van der Waals surface area contributed by atoms with E-state index in [1.54, 1.807) is 20.3 Å². The van der Waals surface area contributed by atoms with Crippen LogP contribution < -0.4 is 14.9 Å². The number of rotatable bonds is 7. The molecule has 0 atom stereocenters. The van der Waals surface area contributed by atoms with E-state index in [1.165, 1.54) is 24.4 Å². The Morgan fingerprint density at radius 2 is 1.72 bits per heavy atom. The summed E-state index contributed by atoms with van der Waals surface area (Å²) in [6.07, 6.45) is 5.30. The highest BCUT2D eigenvalue weighted by Gasteiger charge is 2.11. The normalized spacial score (nSPS) is 11.1. The molecule has 0 spiro atoms. The Hall–Kier alpha value is -3.48. The van der Waals surface area contributed by atoms with Gasteiger partial charge in [0, 0.05) is 16.1 Å². The summed E-state index contributed by atoms with van der Waals surface area (Å²) >= 11 is 11.8. The molecule has 0 unspecified atom stereocenters. The molecule has 0 aliphatic heterocycles. The Bertz CT molecular complexity index is 1180. The number of methoxy groups -OCH3 is 2. The monoisotopic (exact) mass is 470 g/mol. The maximum absolute atomic E-state index is 12.2. The molecular weight excluding hydrogens is 451 g/mol. The van der Waals surface area contributed by atoms with Crippen LogP contribution in [0.1, 0.15) is 27.0 Å².